The monoisotopic (exact) mass is 198 g/mol. The Hall–Kier alpha value is -0.340. The summed E-state index contributed by atoms with van der Waals surface area (Å²) in [6.45, 7) is 15.9. The summed E-state index contributed by atoms with van der Waals surface area (Å²) in [6, 6.07) is 0.544. The van der Waals surface area contributed by atoms with Crippen molar-refractivity contribution < 1.29 is 0 Å². The minimum atomic E-state index is 0.544. The fourth-order valence-corrected chi connectivity index (χ4v) is 1.47. The molecule has 0 aliphatic heterocycles. The largest absolute Gasteiger partial charge is 0.311 e. The van der Waals surface area contributed by atoms with E-state index in [0.717, 1.165) is 25.6 Å². The molecule has 2 nitrogen and oxygen atoms in total. The Morgan fingerprint density at radius 3 is 2.29 bits per heavy atom. The van der Waals surface area contributed by atoms with Crippen LogP contribution in [0.5, 0.6) is 0 Å². The average Bonchev–Trinajstić information content (AvgIpc) is 1.98. The van der Waals surface area contributed by atoms with Crippen molar-refractivity contribution in [2.45, 2.75) is 33.7 Å². The van der Waals surface area contributed by atoms with E-state index >= 15 is 0 Å². The summed E-state index contributed by atoms with van der Waals surface area (Å²) in [5, 5.41) is 3.38. The topological polar surface area (TPSA) is 15.3 Å². The number of nitrogens with zero attached hydrogens (tertiary/aromatic N) is 1. The normalized spacial score (nSPS) is 11.7. The molecule has 84 valence electrons. The quantitative estimate of drug-likeness (QED) is 0.630. The van der Waals surface area contributed by atoms with Gasteiger partial charge in [-0.2, -0.15) is 0 Å². The number of likely N-dealkylation sites (N-methyl/N-ethyl adjacent to an activating group) is 1. The Morgan fingerprint density at radius 1 is 1.29 bits per heavy atom. The molecule has 0 fully saturated rings. The second-order valence-corrected chi connectivity index (χ2v) is 4.88. The molecule has 0 saturated heterocycles. The maximum atomic E-state index is 4.07. The Kier molecular flexibility index (Phi) is 6.85. The number of rotatable bonds is 7. The summed E-state index contributed by atoms with van der Waals surface area (Å²) in [5.41, 5.74) is 1.27. The molecule has 0 aromatic carbocycles. The Morgan fingerprint density at radius 2 is 1.86 bits per heavy atom. The van der Waals surface area contributed by atoms with Gasteiger partial charge in [0.1, 0.15) is 0 Å². The molecule has 0 aromatic heterocycles. The van der Waals surface area contributed by atoms with Crippen LogP contribution in [0.25, 0.3) is 0 Å². The predicted octanol–water partition coefficient (Wildman–Crippen LogP) is 2.13. The minimum absolute atomic E-state index is 0.544. The lowest BCUT2D eigenvalue weighted by atomic mass is 10.2. The van der Waals surface area contributed by atoms with Gasteiger partial charge in [-0.3, -0.25) is 0 Å². The summed E-state index contributed by atoms with van der Waals surface area (Å²) in [4.78, 5) is 2.33. The molecule has 0 radical (unpaired) electrons. The van der Waals surface area contributed by atoms with E-state index in [-0.39, 0.29) is 0 Å². The molecule has 0 heterocycles. The van der Waals surface area contributed by atoms with E-state index in [1.165, 1.54) is 5.57 Å². The first-order chi connectivity index (χ1) is 6.41. The zero-order valence-electron chi connectivity index (χ0n) is 10.4. The number of nitrogens with one attached hydrogen (secondary N) is 1. The van der Waals surface area contributed by atoms with Crippen molar-refractivity contribution in [3.8, 4) is 0 Å². The van der Waals surface area contributed by atoms with Gasteiger partial charge in [0.25, 0.3) is 0 Å². The van der Waals surface area contributed by atoms with E-state index < -0.39 is 0 Å². The second kappa shape index (κ2) is 7.02. The van der Waals surface area contributed by atoms with Crippen molar-refractivity contribution >= 4 is 0 Å². The van der Waals surface area contributed by atoms with Gasteiger partial charge in [0.2, 0.25) is 0 Å². The highest BCUT2D eigenvalue weighted by Gasteiger charge is 2.03. The molecule has 0 bridgehead atoms. The Balaban J connectivity index is 3.60. The van der Waals surface area contributed by atoms with E-state index in [9.17, 15) is 0 Å². The Bertz CT molecular complexity index is 162. The van der Waals surface area contributed by atoms with Gasteiger partial charge < -0.3 is 10.2 Å². The van der Waals surface area contributed by atoms with Crippen molar-refractivity contribution in [3.05, 3.63) is 12.2 Å². The standard InChI is InChI=1S/C12H26N2/c1-10(2)8-14(6)9-12(5)7-13-11(3)4/h10-11,13H,5,7-9H2,1-4,6H3. The van der Waals surface area contributed by atoms with Crippen LogP contribution in [-0.4, -0.2) is 37.6 Å². The van der Waals surface area contributed by atoms with Crippen LogP contribution in [0.15, 0.2) is 12.2 Å². The highest BCUT2D eigenvalue weighted by molar-refractivity contribution is 4.99. The zero-order chi connectivity index (χ0) is 11.1. The molecule has 0 amide bonds. The van der Waals surface area contributed by atoms with Gasteiger partial charge in [0, 0.05) is 25.7 Å². The van der Waals surface area contributed by atoms with Crippen LogP contribution in [0.4, 0.5) is 0 Å². The van der Waals surface area contributed by atoms with Gasteiger partial charge in [-0.15, -0.1) is 0 Å². The van der Waals surface area contributed by atoms with Gasteiger partial charge in [0.15, 0.2) is 0 Å². The smallest absolute Gasteiger partial charge is 0.0199 e. The van der Waals surface area contributed by atoms with Crippen molar-refractivity contribution in [3.63, 3.8) is 0 Å². The molecule has 0 rings (SSSR count). The molecule has 14 heavy (non-hydrogen) atoms. The van der Waals surface area contributed by atoms with Crippen molar-refractivity contribution in [1.82, 2.24) is 10.2 Å². The second-order valence-electron chi connectivity index (χ2n) is 4.88. The van der Waals surface area contributed by atoms with Gasteiger partial charge in [-0.05, 0) is 18.5 Å². The van der Waals surface area contributed by atoms with Crippen LogP contribution >= 0.6 is 0 Å². The fraction of sp³-hybridized carbons (Fsp3) is 0.833. The Labute approximate surface area is 89.4 Å². The van der Waals surface area contributed by atoms with E-state index in [1.807, 2.05) is 0 Å². The summed E-state index contributed by atoms with van der Waals surface area (Å²) in [7, 11) is 2.15. The lowest BCUT2D eigenvalue weighted by molar-refractivity contribution is 0.315. The molecular formula is C12H26N2. The molecular weight excluding hydrogens is 172 g/mol. The third kappa shape index (κ3) is 8.27. The van der Waals surface area contributed by atoms with Gasteiger partial charge >= 0.3 is 0 Å². The third-order valence-corrected chi connectivity index (χ3v) is 1.93. The molecule has 1 N–H and O–H groups in total. The number of hydrogen-bond donors (Lipinski definition) is 1. The van der Waals surface area contributed by atoms with Gasteiger partial charge in [0.05, 0.1) is 0 Å². The summed E-state index contributed by atoms with van der Waals surface area (Å²) in [5.74, 6) is 0.728. The van der Waals surface area contributed by atoms with Crippen LogP contribution in [0, 0.1) is 5.92 Å². The van der Waals surface area contributed by atoms with Crippen LogP contribution in [-0.2, 0) is 0 Å². The fourth-order valence-electron chi connectivity index (χ4n) is 1.47. The molecule has 0 unspecified atom stereocenters. The average molecular weight is 198 g/mol. The van der Waals surface area contributed by atoms with E-state index in [1.54, 1.807) is 0 Å². The van der Waals surface area contributed by atoms with Gasteiger partial charge in [-0.25, -0.2) is 0 Å². The molecule has 0 spiro atoms. The first-order valence-electron chi connectivity index (χ1n) is 5.50. The summed E-state index contributed by atoms with van der Waals surface area (Å²) in [6.07, 6.45) is 0. The summed E-state index contributed by atoms with van der Waals surface area (Å²) < 4.78 is 0. The van der Waals surface area contributed by atoms with Crippen LogP contribution in [0.2, 0.25) is 0 Å². The summed E-state index contributed by atoms with van der Waals surface area (Å²) >= 11 is 0. The molecule has 0 saturated carbocycles. The van der Waals surface area contributed by atoms with Crippen LogP contribution in [0.1, 0.15) is 27.7 Å². The number of hydrogen-bond acceptors (Lipinski definition) is 2. The molecule has 0 aliphatic rings. The van der Waals surface area contributed by atoms with Gasteiger partial charge in [-0.1, -0.05) is 34.3 Å². The van der Waals surface area contributed by atoms with Crippen molar-refractivity contribution in [2.75, 3.05) is 26.7 Å². The predicted molar refractivity (Wildman–Crippen MR) is 64.6 cm³/mol. The minimum Gasteiger partial charge on any atom is -0.311 e. The highest BCUT2D eigenvalue weighted by Crippen LogP contribution is 1.99. The zero-order valence-corrected chi connectivity index (χ0v) is 10.4. The van der Waals surface area contributed by atoms with E-state index in [0.29, 0.717) is 6.04 Å². The first kappa shape index (κ1) is 13.7. The highest BCUT2D eigenvalue weighted by atomic mass is 15.1. The van der Waals surface area contributed by atoms with E-state index in [2.05, 4.69) is 51.5 Å². The molecule has 0 atom stereocenters. The van der Waals surface area contributed by atoms with Crippen molar-refractivity contribution in [1.29, 1.82) is 0 Å². The lowest BCUT2D eigenvalue weighted by Gasteiger charge is -2.20. The SMILES string of the molecule is C=C(CNC(C)C)CN(C)CC(C)C. The maximum absolute atomic E-state index is 4.07. The molecule has 2 heteroatoms. The molecule has 0 aromatic rings. The molecule has 0 aliphatic carbocycles. The lowest BCUT2D eigenvalue weighted by Crippen LogP contribution is -2.31. The van der Waals surface area contributed by atoms with Crippen LogP contribution < -0.4 is 5.32 Å². The van der Waals surface area contributed by atoms with Crippen LogP contribution in [0.3, 0.4) is 0 Å². The van der Waals surface area contributed by atoms with Crippen molar-refractivity contribution in [2.24, 2.45) is 5.92 Å². The maximum Gasteiger partial charge on any atom is 0.0199 e. The third-order valence-electron chi connectivity index (χ3n) is 1.93. The van der Waals surface area contributed by atoms with E-state index in [4.69, 9.17) is 0 Å². The first-order valence-corrected chi connectivity index (χ1v) is 5.50.